The Kier molecular flexibility index (Phi) is 1.72. The minimum Gasteiger partial charge on any atom is -0.290 e. The van der Waals surface area contributed by atoms with Crippen molar-refractivity contribution >= 4 is 11.4 Å². The van der Waals surface area contributed by atoms with E-state index in [4.69, 9.17) is 0 Å². The maximum atomic E-state index is 11.3. The fraction of sp³-hybridized carbons (Fsp3) is 0.0714. The van der Waals surface area contributed by atoms with Crippen LogP contribution in [0.5, 0.6) is 0 Å². The number of fused-ring (bicyclic) bond motifs is 3. The van der Waals surface area contributed by atoms with Crippen molar-refractivity contribution in [2.75, 3.05) is 0 Å². The molecule has 1 aromatic rings. The van der Waals surface area contributed by atoms with E-state index < -0.39 is 0 Å². The van der Waals surface area contributed by atoms with Gasteiger partial charge in [-0.1, -0.05) is 36.4 Å². The molecule has 0 atom stereocenters. The Morgan fingerprint density at radius 3 is 2.87 bits per heavy atom. The SMILES string of the molecule is O=C1C=CC2=CCc3ccccc3C2=C1. The fourth-order valence-corrected chi connectivity index (χ4v) is 2.13. The third-order valence-electron chi connectivity index (χ3n) is 2.87. The van der Waals surface area contributed by atoms with Crippen LogP contribution in [0.2, 0.25) is 0 Å². The Balaban J connectivity index is 2.22. The summed E-state index contributed by atoms with van der Waals surface area (Å²) in [6, 6.07) is 8.26. The van der Waals surface area contributed by atoms with E-state index in [9.17, 15) is 4.79 Å². The van der Waals surface area contributed by atoms with Crippen LogP contribution in [-0.2, 0) is 11.2 Å². The molecule has 1 aromatic carbocycles. The molecular formula is C14H10O. The van der Waals surface area contributed by atoms with E-state index in [0.717, 1.165) is 12.0 Å². The molecule has 0 saturated carbocycles. The van der Waals surface area contributed by atoms with Crippen LogP contribution in [0.15, 0.2) is 54.1 Å². The molecule has 1 nitrogen and oxygen atoms in total. The summed E-state index contributed by atoms with van der Waals surface area (Å²) in [6.45, 7) is 0. The molecule has 0 unspecified atom stereocenters. The Morgan fingerprint density at radius 2 is 1.93 bits per heavy atom. The normalized spacial score (nSPS) is 17.7. The number of allylic oxidation sites excluding steroid dienone is 6. The molecular weight excluding hydrogens is 184 g/mol. The van der Waals surface area contributed by atoms with Gasteiger partial charge in [-0.05, 0) is 40.8 Å². The first-order valence-corrected chi connectivity index (χ1v) is 5.07. The van der Waals surface area contributed by atoms with Crippen molar-refractivity contribution in [3.05, 3.63) is 65.3 Å². The Hall–Kier alpha value is -1.89. The maximum Gasteiger partial charge on any atom is 0.179 e. The first-order chi connectivity index (χ1) is 7.34. The molecule has 15 heavy (non-hydrogen) atoms. The summed E-state index contributed by atoms with van der Waals surface area (Å²) < 4.78 is 0. The molecule has 3 rings (SSSR count). The van der Waals surface area contributed by atoms with Crippen LogP contribution in [0.25, 0.3) is 5.57 Å². The fourth-order valence-electron chi connectivity index (χ4n) is 2.13. The minimum absolute atomic E-state index is 0.0823. The quantitative estimate of drug-likeness (QED) is 0.620. The van der Waals surface area contributed by atoms with Gasteiger partial charge in [0.2, 0.25) is 0 Å². The summed E-state index contributed by atoms with van der Waals surface area (Å²) >= 11 is 0. The Labute approximate surface area is 88.4 Å². The lowest BCUT2D eigenvalue weighted by atomic mass is 9.84. The van der Waals surface area contributed by atoms with Gasteiger partial charge in [0.25, 0.3) is 0 Å². The summed E-state index contributed by atoms with van der Waals surface area (Å²) in [5, 5.41) is 0. The second-order valence-corrected chi connectivity index (χ2v) is 3.81. The van der Waals surface area contributed by atoms with Crippen LogP contribution >= 0.6 is 0 Å². The van der Waals surface area contributed by atoms with Crippen LogP contribution in [0.1, 0.15) is 11.1 Å². The second kappa shape index (κ2) is 3.06. The zero-order valence-electron chi connectivity index (χ0n) is 8.23. The molecule has 0 bridgehead atoms. The van der Waals surface area contributed by atoms with Crippen LogP contribution < -0.4 is 0 Å². The number of hydrogen-bond acceptors (Lipinski definition) is 1. The molecule has 0 N–H and O–H groups in total. The zero-order chi connectivity index (χ0) is 10.3. The molecule has 0 fully saturated rings. The van der Waals surface area contributed by atoms with Crippen molar-refractivity contribution in [2.24, 2.45) is 0 Å². The van der Waals surface area contributed by atoms with Crippen molar-refractivity contribution in [2.45, 2.75) is 6.42 Å². The lowest BCUT2D eigenvalue weighted by Crippen LogP contribution is -2.06. The number of carbonyl (C=O) groups excluding carboxylic acids is 1. The van der Waals surface area contributed by atoms with Crippen LogP contribution in [0.4, 0.5) is 0 Å². The topological polar surface area (TPSA) is 17.1 Å². The van der Waals surface area contributed by atoms with Gasteiger partial charge in [-0.25, -0.2) is 0 Å². The van der Waals surface area contributed by atoms with Crippen molar-refractivity contribution in [1.82, 2.24) is 0 Å². The Morgan fingerprint density at radius 1 is 1.07 bits per heavy atom. The highest BCUT2D eigenvalue weighted by Gasteiger charge is 2.17. The number of ketones is 1. The zero-order valence-corrected chi connectivity index (χ0v) is 8.23. The molecule has 0 radical (unpaired) electrons. The third-order valence-corrected chi connectivity index (χ3v) is 2.87. The van der Waals surface area contributed by atoms with Crippen molar-refractivity contribution in [3.8, 4) is 0 Å². The molecule has 1 heteroatoms. The third kappa shape index (κ3) is 1.28. The van der Waals surface area contributed by atoms with Gasteiger partial charge in [0, 0.05) is 0 Å². The lowest BCUT2D eigenvalue weighted by molar-refractivity contribution is -0.110. The van der Waals surface area contributed by atoms with Crippen molar-refractivity contribution in [1.29, 1.82) is 0 Å². The van der Waals surface area contributed by atoms with E-state index in [2.05, 4.69) is 18.2 Å². The molecule has 0 spiro atoms. The molecule has 0 aliphatic heterocycles. The maximum absolute atomic E-state index is 11.3. The second-order valence-electron chi connectivity index (χ2n) is 3.81. The van der Waals surface area contributed by atoms with Gasteiger partial charge in [0.05, 0.1) is 0 Å². The first-order valence-electron chi connectivity index (χ1n) is 5.07. The van der Waals surface area contributed by atoms with E-state index in [0.29, 0.717) is 0 Å². The van der Waals surface area contributed by atoms with E-state index >= 15 is 0 Å². The van der Waals surface area contributed by atoms with Crippen LogP contribution in [0.3, 0.4) is 0 Å². The van der Waals surface area contributed by atoms with Gasteiger partial charge in [0.1, 0.15) is 0 Å². The van der Waals surface area contributed by atoms with Crippen LogP contribution in [-0.4, -0.2) is 5.78 Å². The molecule has 72 valence electrons. The Bertz CT molecular complexity index is 530. The monoisotopic (exact) mass is 194 g/mol. The molecule has 0 saturated heterocycles. The summed E-state index contributed by atoms with van der Waals surface area (Å²) in [7, 11) is 0. The number of hydrogen-bond donors (Lipinski definition) is 0. The first kappa shape index (κ1) is 8.42. The average molecular weight is 194 g/mol. The van der Waals surface area contributed by atoms with E-state index in [1.165, 1.54) is 16.7 Å². The molecule has 0 amide bonds. The van der Waals surface area contributed by atoms with Gasteiger partial charge >= 0.3 is 0 Å². The summed E-state index contributed by atoms with van der Waals surface area (Å²) in [5.41, 5.74) is 4.75. The largest absolute Gasteiger partial charge is 0.290 e. The van der Waals surface area contributed by atoms with E-state index in [-0.39, 0.29) is 5.78 Å². The highest BCUT2D eigenvalue weighted by Crippen LogP contribution is 2.33. The number of benzene rings is 1. The standard InChI is InChI=1S/C14H10O/c15-12-8-7-11-6-5-10-3-1-2-4-13(10)14(11)9-12/h1-4,6-9H,5H2. The molecule has 2 aliphatic carbocycles. The van der Waals surface area contributed by atoms with Gasteiger partial charge in [-0.15, -0.1) is 0 Å². The lowest BCUT2D eigenvalue weighted by Gasteiger charge is -2.20. The highest BCUT2D eigenvalue weighted by molar-refractivity contribution is 6.10. The van der Waals surface area contributed by atoms with E-state index in [1.54, 1.807) is 12.2 Å². The van der Waals surface area contributed by atoms with Crippen LogP contribution in [0, 0.1) is 0 Å². The van der Waals surface area contributed by atoms with Gasteiger partial charge < -0.3 is 0 Å². The van der Waals surface area contributed by atoms with Crippen molar-refractivity contribution in [3.63, 3.8) is 0 Å². The molecule has 2 aliphatic rings. The summed E-state index contributed by atoms with van der Waals surface area (Å²) in [5.74, 6) is 0.0823. The highest BCUT2D eigenvalue weighted by atomic mass is 16.1. The average Bonchev–Trinajstić information content (AvgIpc) is 2.29. The van der Waals surface area contributed by atoms with E-state index in [1.807, 2.05) is 18.2 Å². The van der Waals surface area contributed by atoms with Gasteiger partial charge in [-0.2, -0.15) is 0 Å². The van der Waals surface area contributed by atoms with Gasteiger partial charge in [-0.3, -0.25) is 4.79 Å². The predicted molar refractivity (Wildman–Crippen MR) is 60.4 cm³/mol. The molecule has 0 aromatic heterocycles. The van der Waals surface area contributed by atoms with Crippen molar-refractivity contribution < 1.29 is 4.79 Å². The molecule has 0 heterocycles. The summed E-state index contributed by atoms with van der Waals surface area (Å²) in [4.78, 5) is 11.3. The predicted octanol–water partition coefficient (Wildman–Crippen LogP) is 2.69. The minimum atomic E-state index is 0.0823. The summed E-state index contributed by atoms with van der Waals surface area (Å²) in [6.07, 6.45) is 8.40. The number of rotatable bonds is 0. The smallest absolute Gasteiger partial charge is 0.179 e. The number of carbonyl (C=O) groups is 1. The van der Waals surface area contributed by atoms with Gasteiger partial charge in [0.15, 0.2) is 5.78 Å².